The Morgan fingerprint density at radius 1 is 1.12 bits per heavy atom. The van der Waals surface area contributed by atoms with Crippen LogP contribution in [0.25, 0.3) is 0 Å². The fourth-order valence-electron chi connectivity index (χ4n) is 5.74. The Hall–Kier alpha value is -3.81. The van der Waals surface area contributed by atoms with Crippen LogP contribution in [0, 0.1) is 17.8 Å². The standard InChI is InChI=1S/C25H21NO7/c1-11-8-18(28)21-17(22(11)29)10-16-14(19(21)12-4-3-5-13(27)9-12)6-7-15-20(16)24(31)26(23(15)30)25(32)33-2/h3-6,8-9,15-16,19-20,27H,7,10H2,1-2H3/t15-,16+,19-,20-/m0/s1. The number of phenols is 1. The van der Waals surface area contributed by atoms with Gasteiger partial charge in [0.15, 0.2) is 11.6 Å². The molecule has 3 aliphatic carbocycles. The molecule has 33 heavy (non-hydrogen) atoms. The number of fused-ring (bicyclic) bond motifs is 3. The molecule has 1 N–H and O–H groups in total. The number of amides is 3. The van der Waals surface area contributed by atoms with Gasteiger partial charge < -0.3 is 9.84 Å². The van der Waals surface area contributed by atoms with Gasteiger partial charge in [0.05, 0.1) is 18.9 Å². The molecule has 1 heterocycles. The van der Waals surface area contributed by atoms with Crippen LogP contribution < -0.4 is 0 Å². The van der Waals surface area contributed by atoms with E-state index in [0.29, 0.717) is 27.2 Å². The number of benzene rings is 1. The van der Waals surface area contributed by atoms with Gasteiger partial charge in [-0.15, -0.1) is 0 Å². The number of hydrogen-bond donors (Lipinski definition) is 1. The molecule has 3 amide bonds. The molecule has 1 fully saturated rings. The molecule has 1 saturated heterocycles. The number of ether oxygens (including phenoxy) is 1. The minimum absolute atomic E-state index is 0.0105. The van der Waals surface area contributed by atoms with Gasteiger partial charge in [0.1, 0.15) is 5.75 Å². The van der Waals surface area contributed by atoms with Crippen molar-refractivity contribution in [1.82, 2.24) is 4.90 Å². The van der Waals surface area contributed by atoms with Crippen LogP contribution in [0.15, 0.2) is 58.7 Å². The average Bonchev–Trinajstić information content (AvgIpc) is 3.05. The van der Waals surface area contributed by atoms with Crippen LogP contribution in [-0.2, 0) is 23.9 Å². The first-order valence-corrected chi connectivity index (χ1v) is 10.7. The van der Waals surface area contributed by atoms with Gasteiger partial charge in [-0.1, -0.05) is 23.8 Å². The van der Waals surface area contributed by atoms with Crippen LogP contribution in [-0.4, -0.2) is 46.6 Å². The molecule has 8 nitrogen and oxygen atoms in total. The summed E-state index contributed by atoms with van der Waals surface area (Å²) in [5, 5.41) is 10.1. The molecule has 1 aliphatic heterocycles. The predicted molar refractivity (Wildman–Crippen MR) is 114 cm³/mol. The summed E-state index contributed by atoms with van der Waals surface area (Å²) in [5.74, 6) is -4.53. The monoisotopic (exact) mass is 447 g/mol. The minimum Gasteiger partial charge on any atom is -0.508 e. The fourth-order valence-corrected chi connectivity index (χ4v) is 5.74. The molecule has 0 aromatic heterocycles. The SMILES string of the molecule is COC(=O)N1C(=O)[C@H]2[C@H](CC=C3[C@H](c4cccc(O)c4)C4=C(C[C@H]32)C(=O)C(C)=CC4=O)C1=O. The second-order valence-electron chi connectivity index (χ2n) is 8.81. The van der Waals surface area contributed by atoms with Gasteiger partial charge in [0.2, 0.25) is 11.8 Å². The van der Waals surface area contributed by atoms with E-state index >= 15 is 0 Å². The van der Waals surface area contributed by atoms with Gasteiger partial charge >= 0.3 is 6.09 Å². The molecule has 168 valence electrons. The van der Waals surface area contributed by atoms with Crippen molar-refractivity contribution in [2.75, 3.05) is 7.11 Å². The van der Waals surface area contributed by atoms with Crippen molar-refractivity contribution in [2.45, 2.75) is 25.7 Å². The minimum atomic E-state index is -1.02. The first-order valence-electron chi connectivity index (χ1n) is 10.7. The quantitative estimate of drug-likeness (QED) is 0.399. The van der Waals surface area contributed by atoms with Crippen molar-refractivity contribution in [2.24, 2.45) is 17.8 Å². The van der Waals surface area contributed by atoms with E-state index in [0.717, 1.165) is 12.7 Å². The summed E-state index contributed by atoms with van der Waals surface area (Å²) in [6.45, 7) is 1.58. The van der Waals surface area contributed by atoms with E-state index in [2.05, 4.69) is 4.74 Å². The molecule has 0 bridgehead atoms. The molecule has 0 unspecified atom stereocenters. The molecule has 5 rings (SSSR count). The Bertz CT molecular complexity index is 1250. The highest BCUT2D eigenvalue weighted by molar-refractivity contribution is 6.24. The zero-order valence-electron chi connectivity index (χ0n) is 18.0. The van der Waals surface area contributed by atoms with E-state index < -0.39 is 41.6 Å². The average molecular weight is 447 g/mol. The molecule has 0 radical (unpaired) electrons. The van der Waals surface area contributed by atoms with Crippen LogP contribution in [0.3, 0.4) is 0 Å². The number of likely N-dealkylation sites (tertiary alicyclic amines) is 1. The number of nitrogens with zero attached hydrogens (tertiary/aromatic N) is 1. The van der Waals surface area contributed by atoms with Crippen LogP contribution in [0.2, 0.25) is 0 Å². The van der Waals surface area contributed by atoms with E-state index in [1.54, 1.807) is 19.1 Å². The van der Waals surface area contributed by atoms with E-state index in [4.69, 9.17) is 0 Å². The smallest absolute Gasteiger partial charge is 0.423 e. The highest BCUT2D eigenvalue weighted by Gasteiger charge is 2.58. The van der Waals surface area contributed by atoms with Gasteiger partial charge in [-0.05, 0) is 49.5 Å². The van der Waals surface area contributed by atoms with Crippen LogP contribution in [0.5, 0.6) is 5.75 Å². The molecule has 4 aliphatic rings. The highest BCUT2D eigenvalue weighted by atomic mass is 16.5. The van der Waals surface area contributed by atoms with Crippen LogP contribution in [0.1, 0.15) is 31.2 Å². The lowest BCUT2D eigenvalue weighted by atomic mass is 9.59. The maximum absolute atomic E-state index is 13.2. The normalized spacial score (nSPS) is 28.7. The summed E-state index contributed by atoms with van der Waals surface area (Å²) < 4.78 is 4.64. The summed E-state index contributed by atoms with van der Waals surface area (Å²) in [7, 11) is 1.10. The molecule has 8 heteroatoms. The number of aromatic hydroxyl groups is 1. The van der Waals surface area contributed by atoms with Crippen molar-refractivity contribution < 1.29 is 33.8 Å². The van der Waals surface area contributed by atoms with Crippen molar-refractivity contribution >= 4 is 29.5 Å². The first-order chi connectivity index (χ1) is 15.7. The number of allylic oxidation sites excluding steroid dienone is 6. The number of carbonyl (C=O) groups is 5. The number of rotatable bonds is 1. The predicted octanol–water partition coefficient (Wildman–Crippen LogP) is 2.59. The number of ketones is 2. The topological polar surface area (TPSA) is 118 Å². The van der Waals surface area contributed by atoms with E-state index in [1.807, 2.05) is 6.08 Å². The number of phenolic OH excluding ortho intramolecular Hbond substituents is 1. The zero-order valence-corrected chi connectivity index (χ0v) is 18.0. The van der Waals surface area contributed by atoms with Crippen LogP contribution in [0.4, 0.5) is 4.79 Å². The number of hydrogen-bond acceptors (Lipinski definition) is 7. The van der Waals surface area contributed by atoms with Crippen molar-refractivity contribution in [3.05, 3.63) is 64.3 Å². The summed E-state index contributed by atoms with van der Waals surface area (Å²) in [4.78, 5) is 65.0. The van der Waals surface area contributed by atoms with Crippen molar-refractivity contribution in [1.29, 1.82) is 0 Å². The Morgan fingerprint density at radius 2 is 1.88 bits per heavy atom. The maximum atomic E-state index is 13.2. The second-order valence-corrected chi connectivity index (χ2v) is 8.81. The molecule has 1 aromatic carbocycles. The lowest BCUT2D eigenvalue weighted by molar-refractivity contribution is -0.137. The third kappa shape index (κ3) is 2.93. The summed E-state index contributed by atoms with van der Waals surface area (Å²) in [6, 6.07) is 6.46. The third-order valence-electron chi connectivity index (χ3n) is 7.12. The number of carbonyl (C=O) groups excluding carboxylic acids is 5. The third-order valence-corrected chi connectivity index (χ3v) is 7.12. The maximum Gasteiger partial charge on any atom is 0.423 e. The zero-order chi connectivity index (χ0) is 23.6. The molecular weight excluding hydrogens is 426 g/mol. The Morgan fingerprint density at radius 3 is 2.58 bits per heavy atom. The Balaban J connectivity index is 1.68. The molecule has 0 spiro atoms. The van der Waals surface area contributed by atoms with Crippen molar-refractivity contribution in [3.63, 3.8) is 0 Å². The summed E-state index contributed by atoms with van der Waals surface area (Å²) in [5.41, 5.74) is 2.36. The molecule has 4 atom stereocenters. The number of imide groups is 3. The van der Waals surface area contributed by atoms with Gasteiger partial charge in [-0.2, -0.15) is 4.90 Å². The largest absolute Gasteiger partial charge is 0.508 e. The number of Topliss-reactive ketones (excluding diaryl/α,β-unsaturated/α-hetero) is 1. The van der Waals surface area contributed by atoms with E-state index in [-0.39, 0.29) is 30.2 Å². The number of methoxy groups -OCH3 is 1. The Labute approximate surface area is 189 Å². The van der Waals surface area contributed by atoms with Gasteiger partial charge in [0, 0.05) is 22.6 Å². The van der Waals surface area contributed by atoms with Gasteiger partial charge in [-0.25, -0.2) is 4.79 Å². The summed E-state index contributed by atoms with van der Waals surface area (Å²) >= 11 is 0. The first kappa shape index (κ1) is 21.1. The van der Waals surface area contributed by atoms with Crippen molar-refractivity contribution in [3.8, 4) is 5.75 Å². The second kappa shape index (κ2) is 7.37. The van der Waals surface area contributed by atoms with Gasteiger partial charge in [0.25, 0.3) is 0 Å². The lowest BCUT2D eigenvalue weighted by Crippen LogP contribution is -2.40. The highest BCUT2D eigenvalue weighted by Crippen LogP contribution is 2.55. The lowest BCUT2D eigenvalue weighted by Gasteiger charge is -2.42. The molecule has 1 aromatic rings. The Kier molecular flexibility index (Phi) is 4.70. The molecule has 0 saturated carbocycles. The van der Waals surface area contributed by atoms with E-state index in [9.17, 15) is 29.1 Å². The van der Waals surface area contributed by atoms with E-state index in [1.165, 1.54) is 18.2 Å². The van der Waals surface area contributed by atoms with Gasteiger partial charge in [-0.3, -0.25) is 19.2 Å². The molecular formula is C25H21NO7. The fraction of sp³-hybridized carbons (Fsp3) is 0.320. The van der Waals surface area contributed by atoms with Crippen LogP contribution >= 0.6 is 0 Å². The summed E-state index contributed by atoms with van der Waals surface area (Å²) in [6.07, 6.45) is 2.50.